The molecule has 1 aromatic carbocycles. The van der Waals surface area contributed by atoms with Gasteiger partial charge in [0.05, 0.1) is 12.0 Å². The largest absolute Gasteiger partial charge is 0.336 e. The number of hydrogen-bond donors (Lipinski definition) is 0. The van der Waals surface area contributed by atoms with E-state index >= 15 is 0 Å². The van der Waals surface area contributed by atoms with E-state index in [-0.39, 0.29) is 11.2 Å². The lowest BCUT2D eigenvalue weighted by Gasteiger charge is -2.10. The van der Waals surface area contributed by atoms with Gasteiger partial charge in [-0.1, -0.05) is 12.1 Å². The monoisotopic (exact) mass is 224 g/mol. The van der Waals surface area contributed by atoms with Gasteiger partial charge in [0, 0.05) is 13.2 Å². The number of nitrogens with zero attached hydrogens (tertiary/aromatic N) is 2. The third-order valence-electron chi connectivity index (χ3n) is 2.28. The van der Waals surface area contributed by atoms with Crippen LogP contribution in [-0.4, -0.2) is 9.55 Å². The zero-order valence-corrected chi connectivity index (χ0v) is 8.95. The molecule has 0 aliphatic carbocycles. The van der Waals surface area contributed by atoms with Crippen molar-refractivity contribution in [3.63, 3.8) is 0 Å². The quantitative estimate of drug-likeness (QED) is 0.718. The predicted molar refractivity (Wildman–Crippen MR) is 57.3 cm³/mol. The maximum absolute atomic E-state index is 12.7. The lowest BCUT2D eigenvalue weighted by Crippen LogP contribution is -2.00. The minimum atomic E-state index is -0.293. The van der Waals surface area contributed by atoms with Crippen LogP contribution in [0.2, 0.25) is 0 Å². The Bertz CT molecular complexity index is 450. The highest BCUT2D eigenvalue weighted by Gasteiger charge is 2.13. The fraction of sp³-hybridized carbons (Fsp3) is 0.182. The van der Waals surface area contributed by atoms with Gasteiger partial charge in [0.25, 0.3) is 0 Å². The molecule has 78 valence electrons. The Morgan fingerprint density at radius 3 is 2.53 bits per heavy atom. The summed E-state index contributed by atoms with van der Waals surface area (Å²) in [5.74, 6) is -0.257. The summed E-state index contributed by atoms with van der Waals surface area (Å²) in [5.41, 5.74) is 1.75. The summed E-state index contributed by atoms with van der Waals surface area (Å²) in [6.45, 7) is 0. The molecule has 0 fully saturated rings. The summed E-state index contributed by atoms with van der Waals surface area (Å²) in [6, 6.07) is 6.17. The maximum atomic E-state index is 12.7. The average Bonchev–Trinajstić information content (AvgIpc) is 2.65. The van der Waals surface area contributed by atoms with E-state index in [4.69, 9.17) is 11.6 Å². The van der Waals surface area contributed by atoms with E-state index in [0.717, 1.165) is 11.3 Å². The molecule has 0 radical (unpaired) electrons. The SMILES string of the molecule is Cn1cncc1C(Cl)c1ccc(F)cc1. The molecular weight excluding hydrogens is 215 g/mol. The van der Waals surface area contributed by atoms with Crippen LogP contribution in [-0.2, 0) is 7.05 Å². The van der Waals surface area contributed by atoms with E-state index in [2.05, 4.69) is 4.98 Å². The highest BCUT2D eigenvalue weighted by atomic mass is 35.5. The van der Waals surface area contributed by atoms with Gasteiger partial charge in [-0.15, -0.1) is 11.6 Å². The Labute approximate surface area is 92.3 Å². The van der Waals surface area contributed by atoms with Crippen LogP contribution in [0, 0.1) is 5.82 Å². The molecule has 0 amide bonds. The van der Waals surface area contributed by atoms with Crippen LogP contribution in [0.3, 0.4) is 0 Å². The lowest BCUT2D eigenvalue weighted by molar-refractivity contribution is 0.627. The summed E-state index contributed by atoms with van der Waals surface area (Å²) in [4.78, 5) is 3.99. The van der Waals surface area contributed by atoms with Crippen molar-refractivity contribution >= 4 is 11.6 Å². The van der Waals surface area contributed by atoms with Gasteiger partial charge in [-0.2, -0.15) is 0 Å². The van der Waals surface area contributed by atoms with E-state index in [1.807, 2.05) is 11.6 Å². The molecule has 0 spiro atoms. The molecule has 4 heteroatoms. The highest BCUT2D eigenvalue weighted by Crippen LogP contribution is 2.27. The van der Waals surface area contributed by atoms with Crippen LogP contribution in [0.25, 0.3) is 0 Å². The van der Waals surface area contributed by atoms with Crippen molar-refractivity contribution < 1.29 is 4.39 Å². The first-order valence-corrected chi connectivity index (χ1v) is 4.98. The molecule has 0 aliphatic heterocycles. The van der Waals surface area contributed by atoms with Gasteiger partial charge in [0.1, 0.15) is 11.2 Å². The molecular formula is C11H10ClFN2. The van der Waals surface area contributed by atoms with Crippen LogP contribution < -0.4 is 0 Å². The maximum Gasteiger partial charge on any atom is 0.123 e. The van der Waals surface area contributed by atoms with E-state index < -0.39 is 0 Å². The second-order valence-electron chi connectivity index (χ2n) is 3.34. The Balaban J connectivity index is 2.32. The Hall–Kier alpha value is -1.35. The van der Waals surface area contributed by atoms with E-state index in [1.165, 1.54) is 12.1 Å². The van der Waals surface area contributed by atoms with Gasteiger partial charge < -0.3 is 4.57 Å². The minimum Gasteiger partial charge on any atom is -0.336 e. The normalized spacial score (nSPS) is 12.7. The fourth-order valence-electron chi connectivity index (χ4n) is 1.41. The summed E-state index contributed by atoms with van der Waals surface area (Å²) >= 11 is 6.25. The second kappa shape index (κ2) is 4.03. The number of aromatic nitrogens is 2. The topological polar surface area (TPSA) is 17.8 Å². The molecule has 0 saturated carbocycles. The van der Waals surface area contributed by atoms with Crippen molar-refractivity contribution in [1.29, 1.82) is 0 Å². The third-order valence-corrected chi connectivity index (χ3v) is 2.75. The smallest absolute Gasteiger partial charge is 0.123 e. The molecule has 0 saturated heterocycles. The number of halogens is 2. The number of imidazole rings is 1. The van der Waals surface area contributed by atoms with Crippen molar-refractivity contribution in [3.05, 3.63) is 53.9 Å². The number of hydrogen-bond acceptors (Lipinski definition) is 1. The molecule has 0 N–H and O–H groups in total. The van der Waals surface area contributed by atoms with Crippen molar-refractivity contribution in [2.24, 2.45) is 7.05 Å². The molecule has 15 heavy (non-hydrogen) atoms. The molecule has 1 atom stereocenters. The van der Waals surface area contributed by atoms with Crippen LogP contribution in [0.1, 0.15) is 16.6 Å². The molecule has 2 aromatic rings. The summed E-state index contributed by atoms with van der Waals surface area (Å²) in [6.07, 6.45) is 3.40. The van der Waals surface area contributed by atoms with Crippen molar-refractivity contribution in [2.75, 3.05) is 0 Å². The molecule has 1 unspecified atom stereocenters. The van der Waals surface area contributed by atoms with Gasteiger partial charge >= 0.3 is 0 Å². The zero-order chi connectivity index (χ0) is 10.8. The molecule has 2 rings (SSSR count). The van der Waals surface area contributed by atoms with E-state index in [1.54, 1.807) is 24.7 Å². The molecule has 1 heterocycles. The standard InChI is InChI=1S/C11H10ClFN2/c1-15-7-14-6-10(15)11(12)8-2-4-9(13)5-3-8/h2-7,11H,1H3. The van der Waals surface area contributed by atoms with E-state index in [0.29, 0.717) is 0 Å². The third kappa shape index (κ3) is 2.02. The first-order valence-electron chi connectivity index (χ1n) is 4.54. The van der Waals surface area contributed by atoms with Gasteiger partial charge in [-0.3, -0.25) is 0 Å². The first-order chi connectivity index (χ1) is 7.18. The lowest BCUT2D eigenvalue weighted by atomic mass is 10.1. The highest BCUT2D eigenvalue weighted by molar-refractivity contribution is 6.22. The summed E-state index contributed by atoms with van der Waals surface area (Å²) < 4.78 is 14.6. The zero-order valence-electron chi connectivity index (χ0n) is 8.19. The van der Waals surface area contributed by atoms with Crippen molar-refractivity contribution in [2.45, 2.75) is 5.38 Å². The van der Waals surface area contributed by atoms with Crippen LogP contribution >= 0.6 is 11.6 Å². The Morgan fingerprint density at radius 1 is 1.33 bits per heavy atom. The van der Waals surface area contributed by atoms with Gasteiger partial charge in [0.2, 0.25) is 0 Å². The average molecular weight is 225 g/mol. The van der Waals surface area contributed by atoms with Crippen molar-refractivity contribution in [1.82, 2.24) is 9.55 Å². The van der Waals surface area contributed by atoms with Crippen LogP contribution in [0.4, 0.5) is 4.39 Å². The summed E-state index contributed by atoms with van der Waals surface area (Å²) in [5, 5.41) is -0.293. The number of rotatable bonds is 2. The Morgan fingerprint density at radius 2 is 2.00 bits per heavy atom. The second-order valence-corrected chi connectivity index (χ2v) is 3.78. The Kier molecular flexibility index (Phi) is 2.73. The number of benzene rings is 1. The number of aryl methyl sites for hydroxylation is 1. The van der Waals surface area contributed by atoms with E-state index in [9.17, 15) is 4.39 Å². The molecule has 2 nitrogen and oxygen atoms in total. The number of alkyl halides is 1. The molecule has 1 aromatic heterocycles. The van der Waals surface area contributed by atoms with Gasteiger partial charge in [-0.05, 0) is 17.7 Å². The minimum absolute atomic E-state index is 0.257. The molecule has 0 bridgehead atoms. The van der Waals surface area contributed by atoms with Gasteiger partial charge in [0.15, 0.2) is 0 Å². The summed E-state index contributed by atoms with van der Waals surface area (Å²) in [7, 11) is 1.88. The first kappa shape index (κ1) is 10.2. The van der Waals surface area contributed by atoms with Crippen molar-refractivity contribution in [3.8, 4) is 0 Å². The van der Waals surface area contributed by atoms with Crippen LogP contribution in [0.15, 0.2) is 36.8 Å². The molecule has 0 aliphatic rings. The van der Waals surface area contributed by atoms with Crippen LogP contribution in [0.5, 0.6) is 0 Å². The fourth-order valence-corrected chi connectivity index (χ4v) is 1.77. The predicted octanol–water partition coefficient (Wildman–Crippen LogP) is 2.89. The van der Waals surface area contributed by atoms with Gasteiger partial charge in [-0.25, -0.2) is 9.37 Å².